The van der Waals surface area contributed by atoms with Crippen LogP contribution in [0, 0.1) is 5.41 Å². The van der Waals surface area contributed by atoms with Gasteiger partial charge in [0, 0.05) is 33.3 Å². The first kappa shape index (κ1) is 20.9. The van der Waals surface area contributed by atoms with Crippen molar-refractivity contribution in [1.82, 2.24) is 39.7 Å². The Morgan fingerprint density at radius 3 is 2.72 bits per heavy atom. The van der Waals surface area contributed by atoms with Gasteiger partial charge in [0.15, 0.2) is 16.8 Å². The van der Waals surface area contributed by atoms with Crippen LogP contribution in [0.2, 0.25) is 0 Å². The summed E-state index contributed by atoms with van der Waals surface area (Å²) in [5.74, 6) is -0.0263. The molecule has 36 heavy (non-hydrogen) atoms. The Morgan fingerprint density at radius 2 is 1.86 bits per heavy atom. The lowest BCUT2D eigenvalue weighted by atomic mass is 9.95. The summed E-state index contributed by atoms with van der Waals surface area (Å²) < 4.78 is 2.73. The average Bonchev–Trinajstić information content (AvgIpc) is 3.60. The highest BCUT2D eigenvalue weighted by molar-refractivity contribution is 7.24. The first-order valence-corrected chi connectivity index (χ1v) is 12.3. The fourth-order valence-electron chi connectivity index (χ4n) is 4.41. The lowest BCUT2D eigenvalue weighted by Gasteiger charge is -2.19. The smallest absolute Gasteiger partial charge is 0.237 e. The van der Waals surface area contributed by atoms with Gasteiger partial charge in [-0.2, -0.15) is 5.10 Å². The van der Waals surface area contributed by atoms with Gasteiger partial charge < -0.3 is 4.98 Å². The van der Waals surface area contributed by atoms with E-state index < -0.39 is 5.41 Å². The maximum Gasteiger partial charge on any atom is 0.237 e. The summed E-state index contributed by atoms with van der Waals surface area (Å²) in [5, 5.41) is 9.28. The van der Waals surface area contributed by atoms with E-state index in [4.69, 9.17) is 9.97 Å². The second kappa shape index (κ2) is 7.28. The number of aromatic amines is 2. The lowest BCUT2D eigenvalue weighted by molar-refractivity contribution is 0.0778. The molecule has 0 saturated heterocycles. The van der Waals surface area contributed by atoms with E-state index in [-0.39, 0.29) is 5.91 Å². The molecule has 0 aliphatic heterocycles. The summed E-state index contributed by atoms with van der Waals surface area (Å²) in [6.07, 6.45) is 5.23. The number of nitrogens with zero attached hydrogens (tertiary/aromatic N) is 6. The summed E-state index contributed by atoms with van der Waals surface area (Å²) in [4.78, 5) is 36.6. The highest BCUT2D eigenvalue weighted by Crippen LogP contribution is 2.30. The van der Waals surface area contributed by atoms with E-state index in [2.05, 4.69) is 25.1 Å². The second-order valence-electron chi connectivity index (χ2n) is 9.77. The minimum absolute atomic E-state index is 0.0263. The third kappa shape index (κ3) is 3.07. The predicted molar refractivity (Wildman–Crippen MR) is 143 cm³/mol. The van der Waals surface area contributed by atoms with Gasteiger partial charge in [-0.25, -0.2) is 15.0 Å². The fourth-order valence-corrected chi connectivity index (χ4v) is 5.46. The zero-order valence-corrected chi connectivity index (χ0v) is 20.5. The van der Waals surface area contributed by atoms with Crippen LogP contribution in [0.25, 0.3) is 64.7 Å². The van der Waals surface area contributed by atoms with Gasteiger partial charge in [0.05, 0.1) is 22.7 Å². The molecule has 176 valence electrons. The highest BCUT2D eigenvalue weighted by Gasteiger charge is 2.24. The number of carbonyl (C=O) groups excluding carboxylic acids is 1. The standard InChI is InChI=1S/C26H20N8OS/c1-26(2,3)25(35)34-14-10-13(11-27-12-14)16-4-5-17-21(29-16)22(33-32-17)24-30-20-15(8-9-28-23(20)31-24)18-6-7-19(34)36-18/h4-12H,1-3H3,(H,32,33)(H,28,30,31). The Kier molecular flexibility index (Phi) is 4.23. The molecule has 0 atom stereocenters. The molecule has 0 fully saturated rings. The zero-order valence-electron chi connectivity index (χ0n) is 19.7. The average molecular weight is 493 g/mol. The van der Waals surface area contributed by atoms with E-state index in [1.54, 1.807) is 23.2 Å². The van der Waals surface area contributed by atoms with Crippen LogP contribution in [0.1, 0.15) is 25.6 Å². The van der Waals surface area contributed by atoms with Gasteiger partial charge in [-0.3, -0.25) is 19.4 Å². The van der Waals surface area contributed by atoms with Crippen molar-refractivity contribution >= 4 is 81.9 Å². The molecule has 0 aliphatic rings. The van der Waals surface area contributed by atoms with Crippen LogP contribution >= 0.6 is 11.3 Å². The van der Waals surface area contributed by atoms with Crippen LogP contribution in [-0.2, 0) is 0 Å². The Morgan fingerprint density at radius 1 is 0.972 bits per heavy atom. The van der Waals surface area contributed by atoms with Crippen molar-refractivity contribution in [3.63, 3.8) is 0 Å². The van der Waals surface area contributed by atoms with Crippen LogP contribution < -0.4 is 0 Å². The van der Waals surface area contributed by atoms with Gasteiger partial charge in [0.25, 0.3) is 0 Å². The minimum Gasteiger partial charge on any atom is -0.321 e. The molecule has 7 aromatic heterocycles. The Balaban J connectivity index is 1.77. The van der Waals surface area contributed by atoms with E-state index >= 15 is 0 Å². The second-order valence-corrected chi connectivity index (χ2v) is 10.8. The van der Waals surface area contributed by atoms with Gasteiger partial charge in [-0.15, -0.1) is 11.3 Å². The molecule has 7 rings (SSSR count). The van der Waals surface area contributed by atoms with Gasteiger partial charge in [-0.05, 0) is 36.4 Å². The van der Waals surface area contributed by atoms with Crippen LogP contribution in [0.4, 0.5) is 0 Å². The first-order valence-electron chi connectivity index (χ1n) is 11.5. The third-order valence-corrected chi connectivity index (χ3v) is 7.32. The number of pyridine rings is 3. The van der Waals surface area contributed by atoms with Crippen molar-refractivity contribution in [2.24, 2.45) is 5.41 Å². The topological polar surface area (TPSA) is 118 Å². The van der Waals surface area contributed by atoms with Gasteiger partial charge in [0.1, 0.15) is 15.9 Å². The molecule has 0 radical (unpaired) electrons. The van der Waals surface area contributed by atoms with Crippen molar-refractivity contribution in [1.29, 1.82) is 0 Å². The summed E-state index contributed by atoms with van der Waals surface area (Å²) in [6.45, 7) is 5.76. The van der Waals surface area contributed by atoms with Gasteiger partial charge >= 0.3 is 0 Å². The van der Waals surface area contributed by atoms with E-state index in [9.17, 15) is 4.79 Å². The van der Waals surface area contributed by atoms with Crippen LogP contribution in [0.15, 0.2) is 55.0 Å². The molecule has 7 aromatic rings. The van der Waals surface area contributed by atoms with Crippen molar-refractivity contribution in [2.45, 2.75) is 20.8 Å². The third-order valence-electron chi connectivity index (χ3n) is 6.22. The van der Waals surface area contributed by atoms with Gasteiger partial charge in [-0.1, -0.05) is 20.8 Å². The molecule has 8 bridgehead atoms. The van der Waals surface area contributed by atoms with E-state index in [1.165, 1.54) is 11.3 Å². The molecule has 0 saturated carbocycles. The molecular formula is C26H20N8OS. The molecule has 0 amide bonds. The number of nitrogens with one attached hydrogen (secondary N) is 2. The van der Waals surface area contributed by atoms with Crippen LogP contribution in [0.5, 0.6) is 0 Å². The number of hydrogen-bond acceptors (Lipinski definition) is 7. The number of carbonyl (C=O) groups is 1. The zero-order chi connectivity index (χ0) is 24.6. The molecule has 0 spiro atoms. The number of imidazole rings is 1. The molecule has 10 heteroatoms. The number of H-pyrrole nitrogens is 2. The quantitative estimate of drug-likeness (QED) is 0.272. The van der Waals surface area contributed by atoms with E-state index in [0.29, 0.717) is 27.8 Å². The first-order chi connectivity index (χ1) is 17.4. The van der Waals surface area contributed by atoms with E-state index in [1.807, 2.05) is 57.2 Å². The molecule has 2 N–H and O–H groups in total. The molecule has 0 aromatic carbocycles. The molecule has 0 aliphatic carbocycles. The fraction of sp³-hybridized carbons (Fsp3) is 0.154. The maximum atomic E-state index is 13.7. The Hall–Kier alpha value is -4.44. The Labute approximate surface area is 207 Å². The number of fused-ring (bicyclic) bond motifs is 9. The summed E-state index contributed by atoms with van der Waals surface area (Å²) in [5.41, 5.74) is 4.89. The maximum absolute atomic E-state index is 13.7. The summed E-state index contributed by atoms with van der Waals surface area (Å²) in [7, 11) is 0. The summed E-state index contributed by atoms with van der Waals surface area (Å²) in [6, 6.07) is 11.7. The lowest BCUT2D eigenvalue weighted by Crippen LogP contribution is -2.26. The van der Waals surface area contributed by atoms with Crippen molar-refractivity contribution in [2.75, 3.05) is 0 Å². The predicted octanol–water partition coefficient (Wildman–Crippen LogP) is 5.91. The highest BCUT2D eigenvalue weighted by atomic mass is 32.1. The van der Waals surface area contributed by atoms with E-state index in [0.717, 1.165) is 36.9 Å². The molecule has 9 nitrogen and oxygen atoms in total. The molecule has 0 unspecified atom stereocenters. The largest absolute Gasteiger partial charge is 0.321 e. The van der Waals surface area contributed by atoms with Crippen LogP contribution in [-0.4, -0.2) is 45.6 Å². The number of aromatic nitrogens is 8. The van der Waals surface area contributed by atoms with Crippen molar-refractivity contribution in [3.05, 3.63) is 55.0 Å². The Bertz CT molecular complexity index is 2070. The minimum atomic E-state index is -0.604. The van der Waals surface area contributed by atoms with Crippen molar-refractivity contribution < 1.29 is 4.79 Å². The number of rotatable bonds is 0. The van der Waals surface area contributed by atoms with Gasteiger partial charge in [0.2, 0.25) is 5.91 Å². The SMILES string of the molecule is CC(C)(C)C(=O)n1c2cncc(c2)c2ccc3[nH]nc(c4nc5c(nccc5c5ccc1s5)[nH]4)c3n2. The number of thiophene rings is 1. The van der Waals surface area contributed by atoms with Crippen LogP contribution in [0.3, 0.4) is 0 Å². The molecular weight excluding hydrogens is 472 g/mol. The monoisotopic (exact) mass is 492 g/mol. The number of hydrogen-bond donors (Lipinski definition) is 2. The normalized spacial score (nSPS) is 12.4. The van der Waals surface area contributed by atoms with Crippen molar-refractivity contribution in [3.8, 4) is 0 Å². The molecule has 7 heterocycles. The summed E-state index contributed by atoms with van der Waals surface area (Å²) >= 11 is 1.53.